The first-order chi connectivity index (χ1) is 7.77. The first kappa shape index (κ1) is 13.5. The third-order valence-electron chi connectivity index (χ3n) is 3.45. The molecule has 0 aromatic heterocycles. The minimum atomic E-state index is 0.234. The van der Waals surface area contributed by atoms with E-state index in [0.717, 1.165) is 51.7 Å². The maximum atomic E-state index is 11.8. The number of carbonyl (C=O) groups excluding carboxylic acids is 1. The van der Waals surface area contributed by atoms with Crippen LogP contribution in [0.5, 0.6) is 0 Å². The van der Waals surface area contributed by atoms with Gasteiger partial charge in [-0.05, 0) is 58.2 Å². The van der Waals surface area contributed by atoms with E-state index in [4.69, 9.17) is 5.73 Å². The van der Waals surface area contributed by atoms with Gasteiger partial charge in [0, 0.05) is 12.5 Å². The van der Waals surface area contributed by atoms with Crippen LogP contribution in [0.3, 0.4) is 0 Å². The highest BCUT2D eigenvalue weighted by molar-refractivity contribution is 5.78. The molecule has 94 valence electrons. The van der Waals surface area contributed by atoms with Crippen molar-refractivity contribution in [3.8, 4) is 0 Å². The van der Waals surface area contributed by atoms with Gasteiger partial charge in [0.1, 0.15) is 0 Å². The van der Waals surface area contributed by atoms with Gasteiger partial charge >= 0.3 is 0 Å². The van der Waals surface area contributed by atoms with Gasteiger partial charge in [0.05, 0.1) is 0 Å². The lowest BCUT2D eigenvalue weighted by molar-refractivity contribution is -0.126. The fourth-order valence-corrected chi connectivity index (χ4v) is 2.28. The van der Waals surface area contributed by atoms with E-state index < -0.39 is 0 Å². The Morgan fingerprint density at radius 1 is 1.25 bits per heavy atom. The van der Waals surface area contributed by atoms with Crippen LogP contribution in [-0.2, 0) is 4.79 Å². The van der Waals surface area contributed by atoms with Crippen molar-refractivity contribution in [3.63, 3.8) is 0 Å². The van der Waals surface area contributed by atoms with E-state index in [2.05, 4.69) is 10.6 Å². The number of carbonyl (C=O) groups is 1. The van der Waals surface area contributed by atoms with Gasteiger partial charge in [-0.2, -0.15) is 0 Å². The van der Waals surface area contributed by atoms with Gasteiger partial charge in [-0.1, -0.05) is 0 Å². The molecule has 0 saturated heterocycles. The molecule has 1 aliphatic rings. The molecule has 1 saturated carbocycles. The average molecular weight is 227 g/mol. The second kappa shape index (κ2) is 7.63. The molecule has 0 radical (unpaired) electrons. The number of amides is 1. The Hall–Kier alpha value is -0.610. The highest BCUT2D eigenvalue weighted by atomic mass is 16.1. The molecule has 0 aliphatic heterocycles. The zero-order chi connectivity index (χ0) is 11.8. The molecule has 1 aliphatic carbocycles. The Morgan fingerprint density at radius 3 is 2.50 bits per heavy atom. The molecule has 1 amide bonds. The second-order valence-electron chi connectivity index (χ2n) is 4.70. The van der Waals surface area contributed by atoms with E-state index >= 15 is 0 Å². The van der Waals surface area contributed by atoms with Crippen LogP contribution >= 0.6 is 0 Å². The molecule has 0 spiro atoms. The molecule has 4 nitrogen and oxygen atoms in total. The number of rotatable bonds is 6. The molecule has 0 aromatic carbocycles. The molecule has 0 aromatic rings. The first-order valence-electron chi connectivity index (χ1n) is 6.40. The van der Waals surface area contributed by atoms with Gasteiger partial charge < -0.3 is 16.4 Å². The third-order valence-corrected chi connectivity index (χ3v) is 3.45. The lowest BCUT2D eigenvalue weighted by atomic mass is 9.81. The number of hydrogen-bond acceptors (Lipinski definition) is 3. The second-order valence-corrected chi connectivity index (χ2v) is 4.70. The van der Waals surface area contributed by atoms with Crippen molar-refractivity contribution in [2.45, 2.75) is 32.1 Å². The molecule has 0 unspecified atom stereocenters. The van der Waals surface area contributed by atoms with Crippen LogP contribution < -0.4 is 16.4 Å². The summed E-state index contributed by atoms with van der Waals surface area (Å²) < 4.78 is 0. The van der Waals surface area contributed by atoms with Crippen molar-refractivity contribution in [1.82, 2.24) is 10.6 Å². The van der Waals surface area contributed by atoms with Crippen molar-refractivity contribution >= 4 is 5.91 Å². The Morgan fingerprint density at radius 2 is 1.94 bits per heavy atom. The van der Waals surface area contributed by atoms with Crippen molar-refractivity contribution < 1.29 is 4.79 Å². The summed E-state index contributed by atoms with van der Waals surface area (Å²) in [6.07, 6.45) is 5.26. The molecule has 0 atom stereocenters. The van der Waals surface area contributed by atoms with Crippen LogP contribution in [0.1, 0.15) is 32.1 Å². The molecular formula is C12H25N3O. The predicted octanol–water partition coefficient (Wildman–Crippen LogP) is 0.477. The maximum absolute atomic E-state index is 11.8. The summed E-state index contributed by atoms with van der Waals surface area (Å²) in [4.78, 5) is 11.8. The summed E-state index contributed by atoms with van der Waals surface area (Å²) in [6.45, 7) is 2.52. The fourth-order valence-electron chi connectivity index (χ4n) is 2.28. The minimum absolute atomic E-state index is 0.234. The lowest BCUT2D eigenvalue weighted by Crippen LogP contribution is -2.35. The molecule has 1 fully saturated rings. The first-order valence-corrected chi connectivity index (χ1v) is 6.40. The smallest absolute Gasteiger partial charge is 0.223 e. The van der Waals surface area contributed by atoms with Crippen LogP contribution in [0, 0.1) is 11.8 Å². The highest BCUT2D eigenvalue weighted by Crippen LogP contribution is 2.27. The third kappa shape index (κ3) is 4.49. The van der Waals surface area contributed by atoms with Gasteiger partial charge in [0.15, 0.2) is 0 Å². The molecule has 4 heteroatoms. The highest BCUT2D eigenvalue weighted by Gasteiger charge is 2.24. The van der Waals surface area contributed by atoms with Crippen LogP contribution in [0.15, 0.2) is 0 Å². The summed E-state index contributed by atoms with van der Waals surface area (Å²) in [6, 6.07) is 0. The predicted molar refractivity (Wildman–Crippen MR) is 66.1 cm³/mol. The van der Waals surface area contributed by atoms with E-state index in [1.165, 1.54) is 0 Å². The summed E-state index contributed by atoms with van der Waals surface area (Å²) in [7, 11) is 1.93. The Kier molecular flexibility index (Phi) is 6.42. The van der Waals surface area contributed by atoms with Crippen molar-refractivity contribution in [2.75, 3.05) is 26.7 Å². The molecular weight excluding hydrogens is 202 g/mol. The number of hydrogen-bond donors (Lipinski definition) is 3. The maximum Gasteiger partial charge on any atom is 0.223 e. The molecule has 0 heterocycles. The van der Waals surface area contributed by atoms with Crippen molar-refractivity contribution in [3.05, 3.63) is 0 Å². The number of nitrogens with one attached hydrogen (secondary N) is 2. The molecule has 16 heavy (non-hydrogen) atoms. The number of nitrogens with two attached hydrogens (primary N) is 1. The topological polar surface area (TPSA) is 67.1 Å². The molecule has 0 bridgehead atoms. The summed E-state index contributed by atoms with van der Waals surface area (Å²) in [5.74, 6) is 1.12. The zero-order valence-electron chi connectivity index (χ0n) is 10.3. The van der Waals surface area contributed by atoms with Gasteiger partial charge in [-0.3, -0.25) is 4.79 Å². The van der Waals surface area contributed by atoms with E-state index in [1.807, 2.05) is 7.05 Å². The summed E-state index contributed by atoms with van der Waals surface area (Å²) in [5, 5.41) is 6.08. The van der Waals surface area contributed by atoms with Crippen molar-refractivity contribution in [1.29, 1.82) is 0 Å². The van der Waals surface area contributed by atoms with Crippen molar-refractivity contribution in [2.24, 2.45) is 17.6 Å². The Labute approximate surface area is 98.3 Å². The quantitative estimate of drug-likeness (QED) is 0.578. The van der Waals surface area contributed by atoms with Crippen LogP contribution in [0.4, 0.5) is 0 Å². The van der Waals surface area contributed by atoms with E-state index in [-0.39, 0.29) is 11.8 Å². The summed E-state index contributed by atoms with van der Waals surface area (Å²) >= 11 is 0. The van der Waals surface area contributed by atoms with Gasteiger partial charge in [0.25, 0.3) is 0 Å². The summed E-state index contributed by atoms with van der Waals surface area (Å²) in [5.41, 5.74) is 5.63. The molecule has 4 N–H and O–H groups in total. The van der Waals surface area contributed by atoms with Crippen LogP contribution in [0.2, 0.25) is 0 Å². The largest absolute Gasteiger partial charge is 0.356 e. The van der Waals surface area contributed by atoms with Gasteiger partial charge in [-0.15, -0.1) is 0 Å². The average Bonchev–Trinajstić information content (AvgIpc) is 2.34. The SMILES string of the molecule is CNCCCNC(=O)C1CCC(CN)CC1. The van der Waals surface area contributed by atoms with Crippen LogP contribution in [-0.4, -0.2) is 32.6 Å². The standard InChI is InChI=1S/C12H25N3O/c1-14-7-2-8-15-12(16)11-5-3-10(9-13)4-6-11/h10-11,14H,2-9,13H2,1H3,(H,15,16). The van der Waals surface area contributed by atoms with Gasteiger partial charge in [-0.25, -0.2) is 0 Å². The van der Waals surface area contributed by atoms with E-state index in [0.29, 0.717) is 5.92 Å². The normalized spacial score (nSPS) is 25.4. The zero-order valence-corrected chi connectivity index (χ0v) is 10.3. The minimum Gasteiger partial charge on any atom is -0.356 e. The lowest BCUT2D eigenvalue weighted by Gasteiger charge is -2.26. The Bertz CT molecular complexity index is 200. The molecule has 1 rings (SSSR count). The van der Waals surface area contributed by atoms with Crippen LogP contribution in [0.25, 0.3) is 0 Å². The van der Waals surface area contributed by atoms with E-state index in [9.17, 15) is 4.79 Å². The van der Waals surface area contributed by atoms with E-state index in [1.54, 1.807) is 0 Å². The fraction of sp³-hybridized carbons (Fsp3) is 0.917. The monoisotopic (exact) mass is 227 g/mol. The van der Waals surface area contributed by atoms with Gasteiger partial charge in [0.2, 0.25) is 5.91 Å². The Balaban J connectivity index is 2.13.